The normalized spacial score (nSPS) is 28.5. The number of aliphatic hydroxyl groups excluding tert-OH is 1. The predicted octanol–water partition coefficient (Wildman–Crippen LogP) is 8.24. The van der Waals surface area contributed by atoms with E-state index in [4.69, 9.17) is 16.3 Å². The summed E-state index contributed by atoms with van der Waals surface area (Å²) in [5.41, 5.74) is 3.84. The molecular formula is C37H53ClN2O4S. The zero-order chi connectivity index (χ0) is 32.3. The summed E-state index contributed by atoms with van der Waals surface area (Å²) in [5, 5.41) is 11.7. The highest BCUT2D eigenvalue weighted by molar-refractivity contribution is 7.83. The minimum atomic E-state index is -1.49. The number of amides is 1. The summed E-state index contributed by atoms with van der Waals surface area (Å²) in [7, 11) is -1.49. The van der Waals surface area contributed by atoms with Gasteiger partial charge in [-0.2, -0.15) is 0 Å². The third kappa shape index (κ3) is 9.59. The quantitative estimate of drug-likeness (QED) is 0.325. The fourth-order valence-corrected chi connectivity index (χ4v) is 7.64. The summed E-state index contributed by atoms with van der Waals surface area (Å²) in [4.78, 5) is 15.4. The maximum atomic E-state index is 13.1. The zero-order valence-corrected chi connectivity index (χ0v) is 29.2. The molecule has 6 atom stereocenters. The number of halogens is 1. The third-order valence-corrected chi connectivity index (χ3v) is 10.9. The lowest BCUT2D eigenvalue weighted by molar-refractivity contribution is 0.0461. The molecule has 1 amide bonds. The van der Waals surface area contributed by atoms with E-state index >= 15 is 0 Å². The first-order valence-corrected chi connectivity index (χ1v) is 18.9. The summed E-state index contributed by atoms with van der Waals surface area (Å²) >= 11 is 6.37. The number of fused-ring (bicyclic) bond motifs is 2. The van der Waals surface area contributed by atoms with Gasteiger partial charge in [0.15, 0.2) is 0 Å². The molecule has 2 heterocycles. The van der Waals surface area contributed by atoms with Crippen molar-refractivity contribution in [2.24, 2.45) is 17.8 Å². The Hall–Kier alpha value is -2.35. The van der Waals surface area contributed by atoms with Crippen molar-refractivity contribution in [2.45, 2.75) is 97.5 Å². The van der Waals surface area contributed by atoms with Gasteiger partial charge in [-0.3, -0.25) is 9.52 Å². The molecule has 4 aliphatic rings. The second kappa shape index (κ2) is 17.5. The molecule has 5 unspecified atom stereocenters. The predicted molar refractivity (Wildman–Crippen MR) is 188 cm³/mol. The second-order valence-electron chi connectivity index (χ2n) is 12.8. The van der Waals surface area contributed by atoms with Gasteiger partial charge in [0.1, 0.15) is 16.7 Å². The topological polar surface area (TPSA) is 78.9 Å². The van der Waals surface area contributed by atoms with Crippen LogP contribution in [0, 0.1) is 17.8 Å². The molecule has 0 aromatic heterocycles. The average Bonchev–Trinajstić information content (AvgIpc) is 3.14. The summed E-state index contributed by atoms with van der Waals surface area (Å²) in [6.45, 7) is 10.2. The largest absolute Gasteiger partial charge is 0.491 e. The average molecular weight is 657 g/mol. The standard InChI is InChI=1S/C31H39ClN2O4S.C4H8.C2H6/c1-3-5-21-14-25(32)10-12-26(21)24-17-34-16-23-8-11-27(23)29(35)7-4-6-20(2)19-39(37)33-31(36)22-9-13-30(38-18-24)28(34)15-22;1-2-4-3-1;1-2/h4,7,9-10,12-15,20,23-24,27,29,35H,3,5-6,8,11,16-19H2,1-2H3,(H,33,36);1-4H2;1-2H3/b7-4+;;/t20-,23?,24?,27?,29?,39?;;/m1../s1. The molecule has 2 fully saturated rings. The fourth-order valence-electron chi connectivity index (χ4n) is 6.38. The maximum Gasteiger partial charge on any atom is 0.263 e. The molecule has 2 N–H and O–H groups in total. The Bertz CT molecular complexity index is 1310. The van der Waals surface area contributed by atoms with Gasteiger partial charge in [0.2, 0.25) is 0 Å². The number of ether oxygens (including phenoxy) is 1. The number of nitrogens with zero attached hydrogens (tertiary/aromatic N) is 1. The SMILES string of the molecule is C1CCC1.CC.CCCc1cc(Cl)ccc1C1COc2ccc3cc2N(C1)CC1CCC1C(O)/C=C/C[C@@H](C)CS(=O)NC3=O. The van der Waals surface area contributed by atoms with Crippen molar-refractivity contribution in [3.05, 3.63) is 70.3 Å². The van der Waals surface area contributed by atoms with Crippen molar-refractivity contribution < 1.29 is 18.8 Å². The van der Waals surface area contributed by atoms with Gasteiger partial charge in [-0.15, -0.1) is 0 Å². The van der Waals surface area contributed by atoms with Gasteiger partial charge in [0.25, 0.3) is 5.91 Å². The lowest BCUT2D eigenvalue weighted by Crippen LogP contribution is -2.44. The number of anilines is 1. The van der Waals surface area contributed by atoms with Crippen LogP contribution in [-0.4, -0.2) is 46.8 Å². The van der Waals surface area contributed by atoms with Crippen molar-refractivity contribution in [1.82, 2.24) is 4.72 Å². The number of benzene rings is 2. The number of carbonyl (C=O) groups is 1. The van der Waals surface area contributed by atoms with Crippen LogP contribution < -0.4 is 14.4 Å². The third-order valence-electron chi connectivity index (χ3n) is 9.39. The molecule has 2 saturated carbocycles. The molecule has 2 aromatic rings. The van der Waals surface area contributed by atoms with E-state index in [-0.39, 0.29) is 23.7 Å². The minimum absolute atomic E-state index is 0.122. The number of hydrogen-bond acceptors (Lipinski definition) is 5. The molecule has 2 aromatic carbocycles. The van der Waals surface area contributed by atoms with E-state index in [9.17, 15) is 14.1 Å². The van der Waals surface area contributed by atoms with Crippen LogP contribution in [0.5, 0.6) is 5.75 Å². The van der Waals surface area contributed by atoms with Crippen molar-refractivity contribution in [1.29, 1.82) is 0 Å². The van der Waals surface area contributed by atoms with Crippen molar-refractivity contribution in [3.8, 4) is 5.75 Å². The van der Waals surface area contributed by atoms with E-state index in [1.165, 1.54) is 36.8 Å². The molecule has 0 spiro atoms. The van der Waals surface area contributed by atoms with E-state index in [0.717, 1.165) is 55.2 Å². The van der Waals surface area contributed by atoms with Crippen LogP contribution in [0.25, 0.3) is 0 Å². The zero-order valence-electron chi connectivity index (χ0n) is 27.6. The van der Waals surface area contributed by atoms with Gasteiger partial charge in [-0.1, -0.05) is 89.6 Å². The second-order valence-corrected chi connectivity index (χ2v) is 14.5. The highest BCUT2D eigenvalue weighted by Gasteiger charge is 2.38. The Kier molecular flexibility index (Phi) is 13.8. The van der Waals surface area contributed by atoms with Gasteiger partial charge in [0.05, 0.1) is 18.4 Å². The Balaban J connectivity index is 0.000000700. The first-order valence-electron chi connectivity index (χ1n) is 17.2. The van der Waals surface area contributed by atoms with E-state index in [0.29, 0.717) is 30.3 Å². The number of aliphatic hydroxyl groups is 1. The summed E-state index contributed by atoms with van der Waals surface area (Å²) in [6.07, 6.45) is 14.2. The summed E-state index contributed by atoms with van der Waals surface area (Å²) in [6, 6.07) is 11.6. The molecule has 2 bridgehead atoms. The molecule has 0 saturated heterocycles. The van der Waals surface area contributed by atoms with Crippen LogP contribution in [0.2, 0.25) is 5.02 Å². The molecule has 6 rings (SSSR count). The monoisotopic (exact) mass is 656 g/mol. The molecular weight excluding hydrogens is 604 g/mol. The van der Waals surface area contributed by atoms with Crippen molar-refractivity contribution in [3.63, 3.8) is 0 Å². The van der Waals surface area contributed by atoms with Gasteiger partial charge < -0.3 is 14.7 Å². The number of carbonyl (C=O) groups excluding carboxylic acids is 1. The first-order chi connectivity index (χ1) is 21.8. The van der Waals surface area contributed by atoms with Gasteiger partial charge in [-0.05, 0) is 84.9 Å². The van der Waals surface area contributed by atoms with Gasteiger partial charge in [0, 0.05) is 35.3 Å². The molecule has 2 aliphatic carbocycles. The molecule has 8 heteroatoms. The smallest absolute Gasteiger partial charge is 0.263 e. The maximum absolute atomic E-state index is 13.1. The van der Waals surface area contributed by atoms with Crippen molar-refractivity contribution >= 4 is 34.2 Å². The molecule has 248 valence electrons. The van der Waals surface area contributed by atoms with Gasteiger partial charge in [-0.25, -0.2) is 4.21 Å². The minimum Gasteiger partial charge on any atom is -0.491 e. The lowest BCUT2D eigenvalue weighted by atomic mass is 9.70. The van der Waals surface area contributed by atoms with E-state index < -0.39 is 17.1 Å². The Labute approximate surface area is 278 Å². The fraction of sp³-hybridized carbons (Fsp3) is 0.595. The van der Waals surface area contributed by atoms with E-state index in [1.54, 1.807) is 6.07 Å². The van der Waals surface area contributed by atoms with Crippen molar-refractivity contribution in [2.75, 3.05) is 30.3 Å². The highest BCUT2D eigenvalue weighted by Crippen LogP contribution is 2.42. The van der Waals surface area contributed by atoms with E-state index in [1.807, 2.05) is 51.1 Å². The molecule has 6 nitrogen and oxygen atoms in total. The number of hydrogen-bond donors (Lipinski definition) is 2. The van der Waals surface area contributed by atoms with Crippen LogP contribution in [-0.2, 0) is 17.4 Å². The highest BCUT2D eigenvalue weighted by atomic mass is 35.5. The number of aryl methyl sites for hydroxylation is 1. The number of nitrogens with one attached hydrogen (secondary N) is 1. The van der Waals surface area contributed by atoms with Crippen LogP contribution >= 0.6 is 11.6 Å². The molecule has 45 heavy (non-hydrogen) atoms. The van der Waals surface area contributed by atoms with Crippen LogP contribution in [0.15, 0.2) is 48.6 Å². The Morgan fingerprint density at radius 2 is 1.82 bits per heavy atom. The van der Waals surface area contributed by atoms with Crippen LogP contribution in [0.1, 0.15) is 106 Å². The molecule has 0 radical (unpaired) electrons. The number of allylic oxidation sites excluding steroid dienone is 1. The first kappa shape index (κ1) is 35.5. The van der Waals surface area contributed by atoms with Crippen LogP contribution in [0.4, 0.5) is 5.69 Å². The van der Waals surface area contributed by atoms with E-state index in [2.05, 4.69) is 28.7 Å². The summed E-state index contributed by atoms with van der Waals surface area (Å²) in [5.74, 6) is 1.55. The number of rotatable bonds is 3. The van der Waals surface area contributed by atoms with Crippen LogP contribution in [0.3, 0.4) is 0 Å². The Morgan fingerprint density at radius 3 is 2.49 bits per heavy atom. The lowest BCUT2D eigenvalue weighted by Gasteiger charge is -2.42. The van der Waals surface area contributed by atoms with Gasteiger partial charge >= 0.3 is 0 Å². The Morgan fingerprint density at radius 1 is 1.07 bits per heavy atom. The molecule has 2 aliphatic heterocycles. The summed E-state index contributed by atoms with van der Waals surface area (Å²) < 4.78 is 21.7.